The molecule has 0 saturated heterocycles. The second-order valence-corrected chi connectivity index (χ2v) is 4.38. The van der Waals surface area contributed by atoms with Crippen LogP contribution < -0.4 is 4.74 Å². The van der Waals surface area contributed by atoms with Crippen molar-refractivity contribution >= 4 is 15.9 Å². The summed E-state index contributed by atoms with van der Waals surface area (Å²) in [5.41, 5.74) is 1.24. The van der Waals surface area contributed by atoms with Crippen LogP contribution in [0.25, 0.3) is 0 Å². The summed E-state index contributed by atoms with van der Waals surface area (Å²) >= 11 is 3.46. The summed E-state index contributed by atoms with van der Waals surface area (Å²) < 4.78 is 5.75. The summed E-state index contributed by atoms with van der Waals surface area (Å²) in [4.78, 5) is 0. The lowest BCUT2D eigenvalue weighted by Crippen LogP contribution is -2.00. The van der Waals surface area contributed by atoms with E-state index < -0.39 is 0 Å². The molecule has 0 aromatic heterocycles. The van der Waals surface area contributed by atoms with E-state index in [2.05, 4.69) is 22.0 Å². The highest BCUT2D eigenvalue weighted by Crippen LogP contribution is 2.32. The lowest BCUT2D eigenvalue weighted by molar-refractivity contribution is 0.300. The zero-order valence-corrected chi connectivity index (χ0v) is 9.79. The monoisotopic (exact) mass is 254 g/mol. The van der Waals surface area contributed by atoms with Crippen molar-refractivity contribution in [1.29, 1.82) is 0 Å². The number of hydrogen-bond acceptors (Lipinski definition) is 1. The summed E-state index contributed by atoms with van der Waals surface area (Å²) in [7, 11) is 0. The van der Waals surface area contributed by atoms with E-state index in [4.69, 9.17) is 4.74 Å². The number of alkyl halides is 1. The molecule has 2 heteroatoms. The third-order valence-electron chi connectivity index (χ3n) is 2.60. The quantitative estimate of drug-likeness (QED) is 0.728. The Kier molecular flexibility index (Phi) is 3.46. The van der Waals surface area contributed by atoms with Crippen LogP contribution in [0.5, 0.6) is 5.75 Å². The Morgan fingerprint density at radius 3 is 2.79 bits per heavy atom. The molecule has 0 unspecified atom stereocenters. The lowest BCUT2D eigenvalue weighted by Gasteiger charge is -2.08. The van der Waals surface area contributed by atoms with E-state index in [1.807, 2.05) is 18.2 Å². The molecule has 76 valence electrons. The Morgan fingerprint density at radius 1 is 1.29 bits per heavy atom. The third-order valence-corrected chi connectivity index (χ3v) is 3.20. The molecular weight excluding hydrogens is 240 g/mol. The number of ether oxygens (including phenoxy) is 1. The van der Waals surface area contributed by atoms with Crippen LogP contribution in [0.1, 0.15) is 24.8 Å². The van der Waals surface area contributed by atoms with Gasteiger partial charge in [0.05, 0.1) is 6.61 Å². The van der Waals surface area contributed by atoms with Crippen LogP contribution in [0.3, 0.4) is 0 Å². The minimum Gasteiger partial charge on any atom is -0.493 e. The molecule has 1 aromatic carbocycles. The Hall–Kier alpha value is -0.500. The standard InChI is InChI=1S/C12H15BrO/c13-9-11-3-1-2-4-12(11)14-8-7-10-5-6-10/h1-4,10H,5-9H2. The topological polar surface area (TPSA) is 9.23 Å². The van der Waals surface area contributed by atoms with E-state index in [0.29, 0.717) is 0 Å². The third kappa shape index (κ3) is 2.74. The number of rotatable bonds is 5. The molecule has 1 saturated carbocycles. The highest BCUT2D eigenvalue weighted by Gasteiger charge is 2.20. The first-order valence-corrected chi connectivity index (χ1v) is 6.29. The van der Waals surface area contributed by atoms with E-state index in [1.54, 1.807) is 0 Å². The molecule has 1 nitrogen and oxygen atoms in total. The van der Waals surface area contributed by atoms with Crippen molar-refractivity contribution in [2.45, 2.75) is 24.6 Å². The Morgan fingerprint density at radius 2 is 2.07 bits per heavy atom. The van der Waals surface area contributed by atoms with Gasteiger partial charge in [0.1, 0.15) is 5.75 Å². The van der Waals surface area contributed by atoms with Gasteiger partial charge in [-0.25, -0.2) is 0 Å². The predicted molar refractivity (Wildman–Crippen MR) is 61.9 cm³/mol. The van der Waals surface area contributed by atoms with Crippen LogP contribution in [-0.4, -0.2) is 6.61 Å². The first-order valence-electron chi connectivity index (χ1n) is 5.17. The number of benzene rings is 1. The van der Waals surface area contributed by atoms with Crippen LogP contribution >= 0.6 is 15.9 Å². The minimum atomic E-state index is 0.868. The fraction of sp³-hybridized carbons (Fsp3) is 0.500. The average molecular weight is 255 g/mol. The number of hydrogen-bond donors (Lipinski definition) is 0. The molecule has 1 aromatic rings. The maximum atomic E-state index is 5.75. The van der Waals surface area contributed by atoms with Crippen LogP contribution in [0.4, 0.5) is 0 Å². The smallest absolute Gasteiger partial charge is 0.123 e. The fourth-order valence-corrected chi connectivity index (χ4v) is 1.96. The van der Waals surface area contributed by atoms with Crippen molar-refractivity contribution in [3.05, 3.63) is 29.8 Å². The molecule has 0 spiro atoms. The van der Waals surface area contributed by atoms with Gasteiger partial charge < -0.3 is 4.74 Å². The van der Waals surface area contributed by atoms with Crippen LogP contribution in [0.15, 0.2) is 24.3 Å². The molecule has 0 N–H and O–H groups in total. The van der Waals surface area contributed by atoms with Gasteiger partial charge >= 0.3 is 0 Å². The van der Waals surface area contributed by atoms with Gasteiger partial charge in [-0.3, -0.25) is 0 Å². The minimum absolute atomic E-state index is 0.868. The summed E-state index contributed by atoms with van der Waals surface area (Å²) in [6.45, 7) is 0.870. The summed E-state index contributed by atoms with van der Waals surface area (Å²) in [6.07, 6.45) is 4.03. The zero-order valence-electron chi connectivity index (χ0n) is 8.21. The summed E-state index contributed by atoms with van der Waals surface area (Å²) in [5.74, 6) is 1.98. The molecule has 0 aliphatic heterocycles. The molecule has 0 amide bonds. The van der Waals surface area contributed by atoms with Gasteiger partial charge in [0, 0.05) is 10.9 Å². The molecule has 1 aliphatic carbocycles. The molecule has 14 heavy (non-hydrogen) atoms. The molecule has 0 heterocycles. The first kappa shape index (κ1) is 10.0. The van der Waals surface area contributed by atoms with Gasteiger partial charge in [0.25, 0.3) is 0 Å². The molecule has 0 atom stereocenters. The molecule has 0 radical (unpaired) electrons. The molecule has 1 aliphatic rings. The van der Waals surface area contributed by atoms with E-state index in [1.165, 1.54) is 24.8 Å². The van der Waals surface area contributed by atoms with Gasteiger partial charge in [0.15, 0.2) is 0 Å². The second-order valence-electron chi connectivity index (χ2n) is 3.82. The van der Waals surface area contributed by atoms with Crippen molar-refractivity contribution in [3.8, 4) is 5.75 Å². The van der Waals surface area contributed by atoms with Gasteiger partial charge in [-0.2, -0.15) is 0 Å². The van der Waals surface area contributed by atoms with Crippen molar-refractivity contribution in [2.75, 3.05) is 6.61 Å². The van der Waals surface area contributed by atoms with Gasteiger partial charge in [-0.05, 0) is 18.4 Å². The average Bonchev–Trinajstić information content (AvgIpc) is 3.03. The van der Waals surface area contributed by atoms with E-state index >= 15 is 0 Å². The number of halogens is 1. The fourth-order valence-electron chi connectivity index (χ4n) is 1.50. The maximum Gasteiger partial charge on any atom is 0.123 e. The Balaban J connectivity index is 1.86. The molecular formula is C12H15BrO. The lowest BCUT2D eigenvalue weighted by atomic mass is 10.2. The number of para-hydroxylation sites is 1. The van der Waals surface area contributed by atoms with Crippen molar-refractivity contribution in [2.24, 2.45) is 5.92 Å². The normalized spacial score (nSPS) is 15.5. The maximum absolute atomic E-state index is 5.75. The Bertz CT molecular complexity index is 294. The van der Waals surface area contributed by atoms with Gasteiger partial charge in [-0.1, -0.05) is 47.0 Å². The van der Waals surface area contributed by atoms with E-state index in [9.17, 15) is 0 Å². The first-order chi connectivity index (χ1) is 6.90. The van der Waals surface area contributed by atoms with Gasteiger partial charge in [0.2, 0.25) is 0 Å². The largest absolute Gasteiger partial charge is 0.493 e. The Labute approximate surface area is 93.6 Å². The molecule has 2 rings (SSSR count). The highest BCUT2D eigenvalue weighted by molar-refractivity contribution is 9.08. The van der Waals surface area contributed by atoms with Gasteiger partial charge in [-0.15, -0.1) is 0 Å². The van der Waals surface area contributed by atoms with E-state index in [-0.39, 0.29) is 0 Å². The van der Waals surface area contributed by atoms with Crippen LogP contribution in [0.2, 0.25) is 0 Å². The second kappa shape index (κ2) is 4.83. The molecule has 0 bridgehead atoms. The summed E-state index contributed by atoms with van der Waals surface area (Å²) in [6, 6.07) is 8.22. The van der Waals surface area contributed by atoms with Crippen LogP contribution in [-0.2, 0) is 5.33 Å². The molecule has 1 fully saturated rings. The van der Waals surface area contributed by atoms with E-state index in [0.717, 1.165) is 23.6 Å². The van der Waals surface area contributed by atoms with Crippen molar-refractivity contribution < 1.29 is 4.74 Å². The zero-order chi connectivity index (χ0) is 9.80. The predicted octanol–water partition coefficient (Wildman–Crippen LogP) is 3.76. The van der Waals surface area contributed by atoms with Crippen molar-refractivity contribution in [1.82, 2.24) is 0 Å². The highest BCUT2D eigenvalue weighted by atomic mass is 79.9. The van der Waals surface area contributed by atoms with Crippen molar-refractivity contribution in [3.63, 3.8) is 0 Å². The SMILES string of the molecule is BrCc1ccccc1OCCC1CC1. The summed E-state index contributed by atoms with van der Waals surface area (Å²) in [5, 5.41) is 0.868. The van der Waals surface area contributed by atoms with Crippen LogP contribution in [0, 0.1) is 5.92 Å².